The molecule has 1 fully saturated rings. The number of carbonyl (C=O) groups is 2. The molecule has 0 atom stereocenters. The first-order chi connectivity index (χ1) is 12.6. The number of benzene rings is 1. The molecule has 1 aliphatic rings. The maximum absolute atomic E-state index is 12.5. The number of piperazine rings is 1. The lowest BCUT2D eigenvalue weighted by Crippen LogP contribution is -2.53. The summed E-state index contributed by atoms with van der Waals surface area (Å²) in [5, 5.41) is 6.66. The van der Waals surface area contributed by atoms with Crippen molar-refractivity contribution in [1.82, 2.24) is 20.3 Å². The fourth-order valence-corrected chi connectivity index (χ4v) is 2.81. The van der Waals surface area contributed by atoms with Crippen molar-refractivity contribution in [1.29, 1.82) is 0 Å². The van der Waals surface area contributed by atoms with Crippen molar-refractivity contribution < 1.29 is 18.8 Å². The largest absolute Gasteiger partial charge is 0.497 e. The highest BCUT2D eigenvalue weighted by molar-refractivity contribution is 5.94. The van der Waals surface area contributed by atoms with Crippen LogP contribution in [-0.4, -0.2) is 60.2 Å². The minimum Gasteiger partial charge on any atom is -0.497 e. The van der Waals surface area contributed by atoms with Gasteiger partial charge in [-0.2, -0.15) is 0 Å². The summed E-state index contributed by atoms with van der Waals surface area (Å²) < 4.78 is 10.1. The summed E-state index contributed by atoms with van der Waals surface area (Å²) in [6, 6.07) is 8.65. The van der Waals surface area contributed by atoms with Crippen LogP contribution in [-0.2, 0) is 6.54 Å². The Bertz CT molecular complexity index is 764. The molecule has 138 valence electrons. The van der Waals surface area contributed by atoms with Crippen molar-refractivity contribution >= 4 is 11.9 Å². The van der Waals surface area contributed by atoms with E-state index in [1.807, 2.05) is 0 Å². The van der Waals surface area contributed by atoms with Gasteiger partial charge in [0.1, 0.15) is 17.2 Å². The highest BCUT2D eigenvalue weighted by Crippen LogP contribution is 2.14. The van der Waals surface area contributed by atoms with E-state index >= 15 is 0 Å². The van der Waals surface area contributed by atoms with Crippen LogP contribution in [0, 0.1) is 6.92 Å². The Labute approximate surface area is 151 Å². The molecule has 1 aromatic carbocycles. The van der Waals surface area contributed by atoms with Crippen molar-refractivity contribution in [2.45, 2.75) is 13.5 Å². The molecule has 3 rings (SSSR count). The van der Waals surface area contributed by atoms with Gasteiger partial charge in [-0.25, -0.2) is 4.79 Å². The standard InChI is InChI=1S/C18H22N4O4/c1-13-11-15(20-26-13)12-19-18(24)22-9-7-21(8-10-22)17(23)14-3-5-16(25-2)6-4-14/h3-6,11H,7-10,12H2,1-2H3,(H,19,24). The van der Waals surface area contributed by atoms with Crippen LogP contribution < -0.4 is 10.1 Å². The summed E-state index contributed by atoms with van der Waals surface area (Å²) in [7, 11) is 1.59. The second-order valence-electron chi connectivity index (χ2n) is 6.10. The van der Waals surface area contributed by atoms with Crippen LogP contribution >= 0.6 is 0 Å². The molecule has 1 aromatic heterocycles. The summed E-state index contributed by atoms with van der Waals surface area (Å²) in [6.07, 6.45) is 0. The van der Waals surface area contributed by atoms with E-state index in [4.69, 9.17) is 9.26 Å². The zero-order chi connectivity index (χ0) is 18.5. The molecule has 0 saturated carbocycles. The van der Waals surface area contributed by atoms with E-state index in [1.165, 1.54) is 0 Å². The number of amides is 3. The zero-order valence-electron chi connectivity index (χ0n) is 14.9. The van der Waals surface area contributed by atoms with Gasteiger partial charge in [-0.05, 0) is 31.2 Å². The van der Waals surface area contributed by atoms with Crippen molar-refractivity contribution in [3.05, 3.63) is 47.3 Å². The van der Waals surface area contributed by atoms with Crippen LogP contribution in [0.1, 0.15) is 21.8 Å². The lowest BCUT2D eigenvalue weighted by molar-refractivity contribution is 0.0665. The first-order valence-corrected chi connectivity index (χ1v) is 8.45. The molecular formula is C18H22N4O4. The van der Waals surface area contributed by atoms with Gasteiger partial charge in [-0.3, -0.25) is 4.79 Å². The number of nitrogens with zero attached hydrogens (tertiary/aromatic N) is 3. The Morgan fingerprint density at radius 1 is 1.15 bits per heavy atom. The normalized spacial score (nSPS) is 14.2. The number of rotatable bonds is 4. The van der Waals surface area contributed by atoms with Gasteiger partial charge in [0.15, 0.2) is 0 Å². The first-order valence-electron chi connectivity index (χ1n) is 8.45. The molecule has 2 heterocycles. The molecule has 1 N–H and O–H groups in total. The average Bonchev–Trinajstić information content (AvgIpc) is 3.11. The third-order valence-electron chi connectivity index (χ3n) is 4.29. The quantitative estimate of drug-likeness (QED) is 0.898. The van der Waals surface area contributed by atoms with Gasteiger partial charge in [-0.15, -0.1) is 0 Å². The lowest BCUT2D eigenvalue weighted by Gasteiger charge is -2.34. The summed E-state index contributed by atoms with van der Waals surface area (Å²) >= 11 is 0. The number of aryl methyl sites for hydroxylation is 1. The summed E-state index contributed by atoms with van der Waals surface area (Å²) in [5.74, 6) is 1.39. The van der Waals surface area contributed by atoms with Crippen LogP contribution in [0.2, 0.25) is 0 Å². The Kier molecular flexibility index (Phi) is 5.40. The van der Waals surface area contributed by atoms with Crippen LogP contribution in [0.5, 0.6) is 5.75 Å². The van der Waals surface area contributed by atoms with E-state index in [9.17, 15) is 9.59 Å². The van der Waals surface area contributed by atoms with Crippen molar-refractivity contribution in [3.8, 4) is 5.75 Å². The highest BCUT2D eigenvalue weighted by Gasteiger charge is 2.24. The molecule has 1 saturated heterocycles. The molecule has 0 radical (unpaired) electrons. The lowest BCUT2D eigenvalue weighted by atomic mass is 10.1. The van der Waals surface area contributed by atoms with E-state index in [0.29, 0.717) is 55.5 Å². The van der Waals surface area contributed by atoms with Crippen LogP contribution in [0.25, 0.3) is 0 Å². The molecule has 0 unspecified atom stereocenters. The van der Waals surface area contributed by atoms with E-state index in [-0.39, 0.29) is 11.9 Å². The molecule has 8 nitrogen and oxygen atoms in total. The second kappa shape index (κ2) is 7.90. The SMILES string of the molecule is COc1ccc(C(=O)N2CCN(C(=O)NCc3cc(C)on3)CC2)cc1. The first kappa shape index (κ1) is 17.8. The number of hydrogen-bond acceptors (Lipinski definition) is 5. The molecule has 0 aliphatic carbocycles. The molecule has 3 amide bonds. The summed E-state index contributed by atoms with van der Waals surface area (Å²) in [6.45, 7) is 4.11. The fourth-order valence-electron chi connectivity index (χ4n) is 2.81. The Balaban J connectivity index is 1.48. The Morgan fingerprint density at radius 3 is 2.38 bits per heavy atom. The smallest absolute Gasteiger partial charge is 0.317 e. The van der Waals surface area contributed by atoms with E-state index in [1.54, 1.807) is 54.2 Å². The van der Waals surface area contributed by atoms with Gasteiger partial charge in [0.2, 0.25) is 0 Å². The minimum atomic E-state index is -0.165. The molecule has 0 bridgehead atoms. The molecule has 0 spiro atoms. The molecule has 26 heavy (non-hydrogen) atoms. The minimum absolute atomic E-state index is 0.0363. The van der Waals surface area contributed by atoms with E-state index in [2.05, 4.69) is 10.5 Å². The van der Waals surface area contributed by atoms with Crippen molar-refractivity contribution in [2.24, 2.45) is 0 Å². The zero-order valence-corrected chi connectivity index (χ0v) is 14.9. The fraction of sp³-hybridized carbons (Fsp3) is 0.389. The number of carbonyl (C=O) groups excluding carboxylic acids is 2. The summed E-state index contributed by atoms with van der Waals surface area (Å²) in [4.78, 5) is 28.2. The monoisotopic (exact) mass is 358 g/mol. The maximum atomic E-state index is 12.5. The molecule has 1 aliphatic heterocycles. The van der Waals surface area contributed by atoms with Crippen LogP contribution in [0.4, 0.5) is 4.79 Å². The van der Waals surface area contributed by atoms with Crippen LogP contribution in [0.15, 0.2) is 34.9 Å². The van der Waals surface area contributed by atoms with Gasteiger partial charge >= 0.3 is 6.03 Å². The third kappa shape index (κ3) is 4.14. The van der Waals surface area contributed by atoms with Gasteiger partial charge in [0.05, 0.1) is 13.7 Å². The van der Waals surface area contributed by atoms with E-state index in [0.717, 1.165) is 0 Å². The molecule has 2 aromatic rings. The van der Waals surface area contributed by atoms with Crippen LogP contribution in [0.3, 0.4) is 0 Å². The van der Waals surface area contributed by atoms with E-state index < -0.39 is 0 Å². The highest BCUT2D eigenvalue weighted by atomic mass is 16.5. The van der Waals surface area contributed by atoms with Gasteiger partial charge in [0.25, 0.3) is 5.91 Å². The predicted octanol–water partition coefficient (Wildman–Crippen LogP) is 1.66. The summed E-state index contributed by atoms with van der Waals surface area (Å²) in [5.41, 5.74) is 1.30. The Morgan fingerprint density at radius 2 is 1.81 bits per heavy atom. The topological polar surface area (TPSA) is 87.9 Å². The van der Waals surface area contributed by atoms with Gasteiger partial charge in [0, 0.05) is 37.8 Å². The average molecular weight is 358 g/mol. The number of hydrogen-bond donors (Lipinski definition) is 1. The Hall–Kier alpha value is -3.03. The predicted molar refractivity (Wildman–Crippen MR) is 93.9 cm³/mol. The van der Waals surface area contributed by atoms with Crippen molar-refractivity contribution in [2.75, 3.05) is 33.3 Å². The molecular weight excluding hydrogens is 336 g/mol. The maximum Gasteiger partial charge on any atom is 0.317 e. The number of methoxy groups -OCH3 is 1. The van der Waals surface area contributed by atoms with Gasteiger partial charge < -0.3 is 24.4 Å². The van der Waals surface area contributed by atoms with Gasteiger partial charge in [-0.1, -0.05) is 5.16 Å². The van der Waals surface area contributed by atoms with Crippen molar-refractivity contribution in [3.63, 3.8) is 0 Å². The number of urea groups is 1. The second-order valence-corrected chi connectivity index (χ2v) is 6.10. The number of aromatic nitrogens is 1. The number of ether oxygens (including phenoxy) is 1. The third-order valence-corrected chi connectivity index (χ3v) is 4.29. The molecule has 8 heteroatoms. The number of nitrogens with one attached hydrogen (secondary N) is 1.